The fourth-order valence-electron chi connectivity index (χ4n) is 1.45. The number of pyridine rings is 1. The van der Waals surface area contributed by atoms with Gasteiger partial charge in [-0.25, -0.2) is 4.98 Å². The van der Waals surface area contributed by atoms with Crippen molar-refractivity contribution in [3.8, 4) is 0 Å². The van der Waals surface area contributed by atoms with Crippen LogP contribution in [0.15, 0.2) is 29.5 Å². The minimum absolute atomic E-state index is 0.0443. The number of nitrogens with zero attached hydrogens (tertiary/aromatic N) is 3. The van der Waals surface area contributed by atoms with E-state index in [9.17, 15) is 4.79 Å². The molecule has 1 aromatic rings. The fraction of sp³-hybridized carbons (Fsp3) is 0.300. The third-order valence-electron chi connectivity index (χ3n) is 2.13. The Balaban J connectivity index is 2.20. The zero-order chi connectivity index (χ0) is 10.7. The van der Waals surface area contributed by atoms with Gasteiger partial charge in [0, 0.05) is 18.3 Å². The summed E-state index contributed by atoms with van der Waals surface area (Å²) < 4.78 is 0. The summed E-state index contributed by atoms with van der Waals surface area (Å²) in [6.45, 7) is 0.516. The van der Waals surface area contributed by atoms with Crippen LogP contribution >= 0.6 is 0 Å². The van der Waals surface area contributed by atoms with Crippen molar-refractivity contribution in [3.05, 3.63) is 24.4 Å². The van der Waals surface area contributed by atoms with E-state index in [0.29, 0.717) is 25.2 Å². The van der Waals surface area contributed by atoms with Crippen molar-refractivity contribution in [2.45, 2.75) is 12.8 Å². The molecule has 2 N–H and O–H groups in total. The third kappa shape index (κ3) is 2.02. The zero-order valence-electron chi connectivity index (χ0n) is 8.26. The second kappa shape index (κ2) is 4.18. The molecule has 0 unspecified atom stereocenters. The van der Waals surface area contributed by atoms with E-state index >= 15 is 0 Å². The first kappa shape index (κ1) is 9.79. The van der Waals surface area contributed by atoms with Gasteiger partial charge in [-0.15, -0.1) is 0 Å². The summed E-state index contributed by atoms with van der Waals surface area (Å²) in [6.07, 6.45) is 2.65. The first-order valence-electron chi connectivity index (χ1n) is 4.81. The Morgan fingerprint density at radius 2 is 2.33 bits per heavy atom. The molecule has 2 rings (SSSR count). The summed E-state index contributed by atoms with van der Waals surface area (Å²) >= 11 is 0. The summed E-state index contributed by atoms with van der Waals surface area (Å²) in [5.41, 5.74) is 6.24. The molecule has 0 aromatic carbocycles. The van der Waals surface area contributed by atoms with Crippen molar-refractivity contribution in [1.82, 2.24) is 4.98 Å². The normalized spacial score (nSPS) is 15.7. The molecule has 1 amide bonds. The van der Waals surface area contributed by atoms with Crippen LogP contribution < -0.4 is 10.7 Å². The number of aromatic nitrogens is 1. The molecule has 0 radical (unpaired) electrons. The summed E-state index contributed by atoms with van der Waals surface area (Å²) in [6, 6.07) is 5.38. The van der Waals surface area contributed by atoms with E-state index in [0.717, 1.165) is 5.71 Å². The van der Waals surface area contributed by atoms with Gasteiger partial charge in [-0.3, -0.25) is 4.79 Å². The zero-order valence-corrected chi connectivity index (χ0v) is 8.26. The topological polar surface area (TPSA) is 71.6 Å². The van der Waals surface area contributed by atoms with Crippen molar-refractivity contribution < 1.29 is 4.79 Å². The summed E-state index contributed by atoms with van der Waals surface area (Å²) in [4.78, 5) is 15.7. The second-order valence-corrected chi connectivity index (χ2v) is 3.28. The van der Waals surface area contributed by atoms with Crippen LogP contribution in [-0.2, 0) is 4.79 Å². The molecule has 1 aromatic heterocycles. The number of carbonyl (C=O) groups is 1. The largest absolute Gasteiger partial charge is 0.330 e. The number of hydrogen-bond acceptors (Lipinski definition) is 4. The van der Waals surface area contributed by atoms with E-state index in [1.165, 1.54) is 5.01 Å². The van der Waals surface area contributed by atoms with Crippen LogP contribution in [0.2, 0.25) is 0 Å². The predicted octanol–water partition coefficient (Wildman–Crippen LogP) is 0.523. The lowest BCUT2D eigenvalue weighted by Gasteiger charge is -2.08. The van der Waals surface area contributed by atoms with Crippen LogP contribution in [0.1, 0.15) is 12.8 Å². The average molecular weight is 204 g/mol. The predicted molar refractivity (Wildman–Crippen MR) is 57.4 cm³/mol. The lowest BCUT2D eigenvalue weighted by atomic mass is 10.2. The summed E-state index contributed by atoms with van der Waals surface area (Å²) in [7, 11) is 0. The van der Waals surface area contributed by atoms with Gasteiger partial charge >= 0.3 is 0 Å². The van der Waals surface area contributed by atoms with E-state index in [2.05, 4.69) is 10.1 Å². The van der Waals surface area contributed by atoms with Gasteiger partial charge in [0.2, 0.25) is 0 Å². The van der Waals surface area contributed by atoms with Gasteiger partial charge in [0.25, 0.3) is 5.91 Å². The number of rotatable bonds is 3. The minimum atomic E-state index is -0.0443. The van der Waals surface area contributed by atoms with Gasteiger partial charge in [0.05, 0.1) is 6.42 Å². The Hall–Kier alpha value is -1.75. The van der Waals surface area contributed by atoms with E-state index < -0.39 is 0 Å². The Kier molecular flexibility index (Phi) is 2.73. The van der Waals surface area contributed by atoms with Gasteiger partial charge in [-0.1, -0.05) is 6.07 Å². The van der Waals surface area contributed by atoms with Crippen LogP contribution in [0.4, 0.5) is 5.82 Å². The van der Waals surface area contributed by atoms with E-state index in [1.54, 1.807) is 18.3 Å². The van der Waals surface area contributed by atoms with Gasteiger partial charge < -0.3 is 5.73 Å². The molecule has 5 heteroatoms. The monoisotopic (exact) mass is 204 g/mol. The van der Waals surface area contributed by atoms with Gasteiger partial charge in [0.15, 0.2) is 5.82 Å². The highest BCUT2D eigenvalue weighted by Crippen LogP contribution is 2.17. The Morgan fingerprint density at radius 1 is 1.47 bits per heavy atom. The molecule has 0 bridgehead atoms. The van der Waals surface area contributed by atoms with E-state index in [1.807, 2.05) is 6.07 Å². The highest BCUT2D eigenvalue weighted by molar-refractivity contribution is 6.12. The SMILES string of the molecule is NCCC1=NN(c2ccccn2)C(=O)C1. The molecule has 0 atom stereocenters. The molecular weight excluding hydrogens is 192 g/mol. The van der Waals surface area contributed by atoms with Crippen LogP contribution in [0.5, 0.6) is 0 Å². The first-order chi connectivity index (χ1) is 7.31. The van der Waals surface area contributed by atoms with Gasteiger partial charge in [-0.05, 0) is 18.7 Å². The lowest BCUT2D eigenvalue weighted by molar-refractivity contribution is -0.116. The fourth-order valence-corrected chi connectivity index (χ4v) is 1.45. The van der Waals surface area contributed by atoms with Crippen molar-refractivity contribution in [2.24, 2.45) is 10.8 Å². The number of anilines is 1. The molecular formula is C10H12N4O. The number of carbonyl (C=O) groups excluding carboxylic acids is 1. The van der Waals surface area contributed by atoms with Crippen molar-refractivity contribution in [3.63, 3.8) is 0 Å². The van der Waals surface area contributed by atoms with Gasteiger partial charge in [0.1, 0.15) is 0 Å². The molecule has 1 aliphatic rings. The van der Waals surface area contributed by atoms with Crippen molar-refractivity contribution >= 4 is 17.4 Å². The molecule has 0 fully saturated rings. The molecule has 0 spiro atoms. The van der Waals surface area contributed by atoms with E-state index in [4.69, 9.17) is 5.73 Å². The molecule has 0 saturated carbocycles. The van der Waals surface area contributed by atoms with Crippen LogP contribution in [0, 0.1) is 0 Å². The Labute approximate surface area is 87.6 Å². The molecule has 2 heterocycles. The second-order valence-electron chi connectivity index (χ2n) is 3.28. The minimum Gasteiger partial charge on any atom is -0.330 e. The van der Waals surface area contributed by atoms with Crippen molar-refractivity contribution in [2.75, 3.05) is 11.6 Å². The Morgan fingerprint density at radius 3 is 3.00 bits per heavy atom. The Bertz CT molecular complexity index is 388. The summed E-state index contributed by atoms with van der Waals surface area (Å²) in [5.74, 6) is 0.520. The maximum atomic E-state index is 11.6. The number of hydrogen-bond donors (Lipinski definition) is 1. The first-order valence-corrected chi connectivity index (χ1v) is 4.81. The quantitative estimate of drug-likeness (QED) is 0.780. The highest BCUT2D eigenvalue weighted by atomic mass is 16.2. The molecule has 0 aliphatic carbocycles. The molecule has 0 saturated heterocycles. The number of hydrazone groups is 1. The smallest absolute Gasteiger partial charge is 0.254 e. The van der Waals surface area contributed by atoms with Gasteiger partial charge in [-0.2, -0.15) is 10.1 Å². The number of nitrogens with two attached hydrogens (primary N) is 1. The number of amides is 1. The molecule has 78 valence electrons. The standard InChI is InChI=1S/C10H12N4O/c11-5-4-8-7-10(15)14(13-8)9-3-1-2-6-12-9/h1-3,6H,4-5,7,11H2. The average Bonchev–Trinajstić information content (AvgIpc) is 2.61. The van der Waals surface area contributed by atoms with Crippen molar-refractivity contribution in [1.29, 1.82) is 0 Å². The maximum Gasteiger partial charge on any atom is 0.254 e. The summed E-state index contributed by atoms with van der Waals surface area (Å²) in [5, 5.41) is 5.53. The highest BCUT2D eigenvalue weighted by Gasteiger charge is 2.24. The lowest BCUT2D eigenvalue weighted by Crippen LogP contribution is -2.20. The van der Waals surface area contributed by atoms with Crippen LogP contribution in [-0.4, -0.2) is 23.1 Å². The molecule has 1 aliphatic heterocycles. The maximum absolute atomic E-state index is 11.6. The molecule has 5 nitrogen and oxygen atoms in total. The third-order valence-corrected chi connectivity index (χ3v) is 2.13. The van der Waals surface area contributed by atoms with Crippen LogP contribution in [0.3, 0.4) is 0 Å². The van der Waals surface area contributed by atoms with E-state index in [-0.39, 0.29) is 5.91 Å². The van der Waals surface area contributed by atoms with Crippen LogP contribution in [0.25, 0.3) is 0 Å². The molecule has 15 heavy (non-hydrogen) atoms.